The highest BCUT2D eigenvalue weighted by atomic mass is 16.1. The topological polar surface area (TPSA) is 29.1 Å². The molecule has 0 aliphatic rings. The Morgan fingerprint density at radius 2 is 2.00 bits per heavy atom. The van der Waals surface area contributed by atoms with Gasteiger partial charge in [-0.1, -0.05) is 36.3 Å². The summed E-state index contributed by atoms with van der Waals surface area (Å²) in [4.78, 5) is 11.0. The lowest BCUT2D eigenvalue weighted by Crippen LogP contribution is -2.41. The van der Waals surface area contributed by atoms with E-state index < -0.39 is 5.54 Å². The minimum absolute atomic E-state index is 0.130. The number of rotatable bonds is 2. The van der Waals surface area contributed by atoms with E-state index in [9.17, 15) is 4.79 Å². The van der Waals surface area contributed by atoms with E-state index in [1.807, 2.05) is 37.3 Å². The molecule has 1 rings (SSSR count). The van der Waals surface area contributed by atoms with Crippen molar-refractivity contribution in [1.82, 2.24) is 5.32 Å². The molecule has 72 valence electrons. The van der Waals surface area contributed by atoms with Crippen molar-refractivity contribution in [2.24, 2.45) is 0 Å². The molecule has 1 amide bonds. The number of carbonyl (C=O) groups is 1. The predicted molar refractivity (Wildman–Crippen MR) is 56.4 cm³/mol. The number of carbonyl (C=O) groups excluding carboxylic acids is 1. The van der Waals surface area contributed by atoms with Gasteiger partial charge in [0.2, 0.25) is 5.91 Å². The van der Waals surface area contributed by atoms with Crippen LogP contribution >= 0.6 is 0 Å². The summed E-state index contributed by atoms with van der Waals surface area (Å²) in [6.45, 7) is 3.27. The van der Waals surface area contributed by atoms with Crippen molar-refractivity contribution < 1.29 is 4.79 Å². The van der Waals surface area contributed by atoms with Crippen LogP contribution in [0, 0.1) is 12.3 Å². The Kier molecular flexibility index (Phi) is 2.93. The second kappa shape index (κ2) is 3.97. The van der Waals surface area contributed by atoms with Gasteiger partial charge in [-0.25, -0.2) is 0 Å². The molecular formula is C12H13NO. The second-order valence-corrected chi connectivity index (χ2v) is 3.32. The summed E-state index contributed by atoms with van der Waals surface area (Å²) in [7, 11) is 0. The summed E-state index contributed by atoms with van der Waals surface area (Å²) >= 11 is 0. The fourth-order valence-corrected chi connectivity index (χ4v) is 1.32. The molecule has 0 fully saturated rings. The van der Waals surface area contributed by atoms with Gasteiger partial charge in [0, 0.05) is 6.92 Å². The van der Waals surface area contributed by atoms with E-state index in [0.29, 0.717) is 0 Å². The van der Waals surface area contributed by atoms with Crippen molar-refractivity contribution in [3.05, 3.63) is 35.9 Å². The Bertz CT molecular complexity index is 364. The van der Waals surface area contributed by atoms with Gasteiger partial charge in [-0.3, -0.25) is 4.79 Å². The zero-order chi connectivity index (χ0) is 10.6. The molecule has 0 aliphatic carbocycles. The predicted octanol–water partition coefficient (Wildman–Crippen LogP) is 1.67. The number of benzene rings is 1. The number of hydrogen-bond acceptors (Lipinski definition) is 1. The van der Waals surface area contributed by atoms with E-state index in [1.165, 1.54) is 6.92 Å². The van der Waals surface area contributed by atoms with Crippen LogP contribution in [0.3, 0.4) is 0 Å². The molecule has 0 spiro atoms. The largest absolute Gasteiger partial charge is 0.336 e. The number of nitrogens with one attached hydrogen (secondary N) is 1. The van der Waals surface area contributed by atoms with E-state index in [-0.39, 0.29) is 5.91 Å². The molecule has 0 radical (unpaired) electrons. The molecule has 2 nitrogen and oxygen atoms in total. The van der Waals surface area contributed by atoms with Crippen LogP contribution in [0.2, 0.25) is 0 Å². The first-order valence-corrected chi connectivity index (χ1v) is 4.40. The van der Waals surface area contributed by atoms with Gasteiger partial charge in [0.15, 0.2) is 0 Å². The third kappa shape index (κ3) is 2.14. The second-order valence-electron chi connectivity index (χ2n) is 3.32. The Morgan fingerprint density at radius 3 is 2.43 bits per heavy atom. The van der Waals surface area contributed by atoms with Gasteiger partial charge in [0.25, 0.3) is 0 Å². The molecule has 1 aromatic carbocycles. The first kappa shape index (κ1) is 10.3. The third-order valence-electron chi connectivity index (χ3n) is 2.07. The molecule has 0 aliphatic heterocycles. The van der Waals surface area contributed by atoms with Gasteiger partial charge in [-0.15, -0.1) is 6.42 Å². The summed E-state index contributed by atoms with van der Waals surface area (Å²) in [5.41, 5.74) is 0.199. The van der Waals surface area contributed by atoms with Gasteiger partial charge in [0.1, 0.15) is 5.54 Å². The summed E-state index contributed by atoms with van der Waals surface area (Å²) in [5, 5.41) is 2.75. The van der Waals surface area contributed by atoms with E-state index in [0.717, 1.165) is 5.56 Å². The Hall–Kier alpha value is -1.75. The van der Waals surface area contributed by atoms with E-state index in [4.69, 9.17) is 6.42 Å². The van der Waals surface area contributed by atoms with Gasteiger partial charge >= 0.3 is 0 Å². The Morgan fingerprint density at radius 1 is 1.43 bits per heavy atom. The zero-order valence-electron chi connectivity index (χ0n) is 8.37. The van der Waals surface area contributed by atoms with E-state index in [1.54, 1.807) is 0 Å². The van der Waals surface area contributed by atoms with Crippen LogP contribution in [0.4, 0.5) is 0 Å². The average Bonchev–Trinajstić information content (AvgIpc) is 2.18. The van der Waals surface area contributed by atoms with Crippen LogP contribution in [0.25, 0.3) is 0 Å². The first-order chi connectivity index (χ1) is 6.58. The molecule has 1 unspecified atom stereocenters. The minimum atomic E-state index is -0.715. The van der Waals surface area contributed by atoms with Crippen LogP contribution in [0.1, 0.15) is 19.4 Å². The highest BCUT2D eigenvalue weighted by molar-refractivity contribution is 5.74. The maximum atomic E-state index is 11.0. The number of amides is 1. The SMILES string of the molecule is C#CC(C)(NC(C)=O)c1ccccc1. The first-order valence-electron chi connectivity index (χ1n) is 4.40. The van der Waals surface area contributed by atoms with Crippen molar-refractivity contribution >= 4 is 5.91 Å². The molecule has 0 heterocycles. The van der Waals surface area contributed by atoms with Gasteiger partial charge in [-0.05, 0) is 12.5 Å². The monoisotopic (exact) mass is 187 g/mol. The molecular weight excluding hydrogens is 174 g/mol. The van der Waals surface area contributed by atoms with E-state index in [2.05, 4.69) is 11.2 Å². The molecule has 1 atom stereocenters. The molecule has 14 heavy (non-hydrogen) atoms. The van der Waals surface area contributed by atoms with Crippen molar-refractivity contribution in [1.29, 1.82) is 0 Å². The molecule has 0 bridgehead atoms. The van der Waals surface area contributed by atoms with Crippen molar-refractivity contribution in [2.45, 2.75) is 19.4 Å². The highest BCUT2D eigenvalue weighted by Crippen LogP contribution is 2.18. The van der Waals surface area contributed by atoms with Crippen LogP contribution in [0.15, 0.2) is 30.3 Å². The van der Waals surface area contributed by atoms with Crippen molar-refractivity contribution in [2.75, 3.05) is 0 Å². The van der Waals surface area contributed by atoms with Crippen LogP contribution in [0.5, 0.6) is 0 Å². The lowest BCUT2D eigenvalue weighted by molar-refractivity contribution is -0.120. The van der Waals surface area contributed by atoms with Crippen LogP contribution < -0.4 is 5.32 Å². The molecule has 0 saturated carbocycles. The smallest absolute Gasteiger partial charge is 0.218 e. The van der Waals surface area contributed by atoms with Crippen molar-refractivity contribution in [3.8, 4) is 12.3 Å². The summed E-state index contributed by atoms with van der Waals surface area (Å²) in [6, 6.07) is 9.50. The molecule has 0 aromatic heterocycles. The molecule has 2 heteroatoms. The zero-order valence-corrected chi connectivity index (χ0v) is 8.37. The quantitative estimate of drug-likeness (QED) is 0.701. The maximum Gasteiger partial charge on any atom is 0.218 e. The Balaban J connectivity index is 3.03. The minimum Gasteiger partial charge on any atom is -0.336 e. The molecule has 1 aromatic rings. The highest BCUT2D eigenvalue weighted by Gasteiger charge is 2.23. The maximum absolute atomic E-state index is 11.0. The average molecular weight is 187 g/mol. The summed E-state index contributed by atoms with van der Waals surface area (Å²) < 4.78 is 0. The number of hydrogen-bond donors (Lipinski definition) is 1. The van der Waals surface area contributed by atoms with Gasteiger partial charge < -0.3 is 5.32 Å². The lowest BCUT2D eigenvalue weighted by Gasteiger charge is -2.24. The van der Waals surface area contributed by atoms with Gasteiger partial charge in [0.05, 0.1) is 0 Å². The standard InChI is InChI=1S/C12H13NO/c1-4-12(3,13-10(2)14)11-8-6-5-7-9-11/h1,5-9H,2-3H3,(H,13,14). The fraction of sp³-hybridized carbons (Fsp3) is 0.250. The summed E-state index contributed by atoms with van der Waals surface area (Å²) in [5.74, 6) is 2.46. The lowest BCUT2D eigenvalue weighted by atomic mass is 9.93. The third-order valence-corrected chi connectivity index (χ3v) is 2.07. The summed E-state index contributed by atoms with van der Waals surface area (Å²) in [6.07, 6.45) is 5.42. The molecule has 0 saturated heterocycles. The fourth-order valence-electron chi connectivity index (χ4n) is 1.32. The van der Waals surface area contributed by atoms with Gasteiger partial charge in [-0.2, -0.15) is 0 Å². The normalized spacial score (nSPS) is 13.8. The van der Waals surface area contributed by atoms with E-state index >= 15 is 0 Å². The van der Waals surface area contributed by atoms with Crippen LogP contribution in [-0.4, -0.2) is 5.91 Å². The number of terminal acetylenes is 1. The molecule has 1 N–H and O–H groups in total. The Labute approximate surface area is 84.3 Å². The van der Waals surface area contributed by atoms with Crippen molar-refractivity contribution in [3.63, 3.8) is 0 Å². The van der Waals surface area contributed by atoms with Crippen LogP contribution in [-0.2, 0) is 10.3 Å².